The van der Waals surface area contributed by atoms with Gasteiger partial charge in [0.15, 0.2) is 0 Å². The largest absolute Gasteiger partial charge is 0.480 e. The summed E-state index contributed by atoms with van der Waals surface area (Å²) in [6, 6.07) is 14.3. The lowest BCUT2D eigenvalue weighted by molar-refractivity contribution is -0.143. The molecular weight excluding hydrogens is 338 g/mol. The van der Waals surface area contributed by atoms with Gasteiger partial charge in [-0.2, -0.15) is 0 Å². The van der Waals surface area contributed by atoms with Crippen LogP contribution in [0.4, 0.5) is 0 Å². The van der Waals surface area contributed by atoms with Crippen molar-refractivity contribution in [2.75, 3.05) is 13.1 Å². The number of halogens is 1. The standard InChI is InChI=1S/C20H22ClNO3/c21-16-9-10-19(25-17-7-3-1-4-8-17)15(13-16)14-18(20(23)24)22-11-5-2-6-12-22/h1,3-4,7-10,13,18H,2,5-6,11-12,14H2,(H,23,24)/t18-/m1/s1. The lowest BCUT2D eigenvalue weighted by Gasteiger charge is -2.32. The molecule has 0 aromatic heterocycles. The number of para-hydroxylation sites is 1. The van der Waals surface area contributed by atoms with Crippen LogP contribution in [0.5, 0.6) is 11.5 Å². The van der Waals surface area contributed by atoms with Gasteiger partial charge in [-0.3, -0.25) is 9.69 Å². The minimum atomic E-state index is -0.799. The third-order valence-corrected chi connectivity index (χ3v) is 4.76. The van der Waals surface area contributed by atoms with Crippen molar-refractivity contribution in [2.45, 2.75) is 31.7 Å². The molecule has 1 heterocycles. The van der Waals surface area contributed by atoms with E-state index in [1.807, 2.05) is 30.3 Å². The van der Waals surface area contributed by atoms with E-state index in [-0.39, 0.29) is 0 Å². The maximum absolute atomic E-state index is 11.8. The highest BCUT2D eigenvalue weighted by molar-refractivity contribution is 6.30. The summed E-state index contributed by atoms with van der Waals surface area (Å²) < 4.78 is 5.96. The molecule has 0 amide bonds. The number of carboxylic acids is 1. The summed E-state index contributed by atoms with van der Waals surface area (Å²) >= 11 is 6.15. The molecule has 4 nitrogen and oxygen atoms in total. The van der Waals surface area contributed by atoms with Crippen molar-refractivity contribution < 1.29 is 14.6 Å². The molecule has 5 heteroatoms. The van der Waals surface area contributed by atoms with Gasteiger partial charge in [0.05, 0.1) is 0 Å². The van der Waals surface area contributed by atoms with Gasteiger partial charge in [-0.25, -0.2) is 0 Å². The van der Waals surface area contributed by atoms with E-state index in [1.54, 1.807) is 18.2 Å². The zero-order chi connectivity index (χ0) is 17.6. The van der Waals surface area contributed by atoms with Gasteiger partial charge in [0, 0.05) is 11.4 Å². The first-order chi connectivity index (χ1) is 12.1. The molecule has 0 radical (unpaired) electrons. The van der Waals surface area contributed by atoms with Crippen LogP contribution in [0.15, 0.2) is 48.5 Å². The number of ether oxygens (including phenoxy) is 1. The maximum atomic E-state index is 11.8. The lowest BCUT2D eigenvalue weighted by atomic mass is 10.0. The van der Waals surface area contributed by atoms with E-state index in [2.05, 4.69) is 4.90 Å². The smallest absolute Gasteiger partial charge is 0.321 e. The number of nitrogens with zero attached hydrogens (tertiary/aromatic N) is 1. The summed E-state index contributed by atoms with van der Waals surface area (Å²) in [5.74, 6) is 0.572. The topological polar surface area (TPSA) is 49.8 Å². The average Bonchev–Trinajstić information content (AvgIpc) is 2.63. The third-order valence-electron chi connectivity index (χ3n) is 4.52. The number of piperidine rings is 1. The summed E-state index contributed by atoms with van der Waals surface area (Å²) in [4.78, 5) is 13.9. The zero-order valence-corrected chi connectivity index (χ0v) is 14.8. The molecular formula is C20H22ClNO3. The first-order valence-corrected chi connectivity index (χ1v) is 8.99. The van der Waals surface area contributed by atoms with Gasteiger partial charge < -0.3 is 9.84 Å². The second-order valence-electron chi connectivity index (χ2n) is 6.32. The average molecular weight is 360 g/mol. The van der Waals surface area contributed by atoms with Gasteiger partial charge in [0.1, 0.15) is 17.5 Å². The second-order valence-corrected chi connectivity index (χ2v) is 6.76. The predicted molar refractivity (Wildman–Crippen MR) is 98.5 cm³/mol. The van der Waals surface area contributed by atoms with Crippen molar-refractivity contribution in [1.29, 1.82) is 0 Å². The molecule has 0 bridgehead atoms. The minimum absolute atomic E-state index is 0.373. The fraction of sp³-hybridized carbons (Fsp3) is 0.350. The van der Waals surface area contributed by atoms with Crippen molar-refractivity contribution >= 4 is 17.6 Å². The van der Waals surface area contributed by atoms with Gasteiger partial charge in [0.2, 0.25) is 0 Å². The Morgan fingerprint density at radius 1 is 1.12 bits per heavy atom. The Hall–Kier alpha value is -2.04. The Balaban J connectivity index is 1.84. The summed E-state index contributed by atoms with van der Waals surface area (Å²) in [6.07, 6.45) is 3.64. The van der Waals surface area contributed by atoms with Crippen LogP contribution in [-0.4, -0.2) is 35.1 Å². The van der Waals surface area contributed by atoms with Crippen molar-refractivity contribution in [3.05, 3.63) is 59.1 Å². The number of carbonyl (C=O) groups is 1. The fourth-order valence-electron chi connectivity index (χ4n) is 3.23. The van der Waals surface area contributed by atoms with Gasteiger partial charge >= 0.3 is 5.97 Å². The van der Waals surface area contributed by atoms with Crippen molar-refractivity contribution in [1.82, 2.24) is 4.90 Å². The molecule has 0 aliphatic carbocycles. The highest BCUT2D eigenvalue weighted by Crippen LogP contribution is 2.30. The number of aliphatic carboxylic acids is 1. The molecule has 0 spiro atoms. The van der Waals surface area contributed by atoms with E-state index in [0.29, 0.717) is 17.2 Å². The lowest BCUT2D eigenvalue weighted by Crippen LogP contribution is -2.45. The number of hydrogen-bond donors (Lipinski definition) is 1. The van der Waals surface area contributed by atoms with E-state index in [1.165, 1.54) is 6.42 Å². The summed E-state index contributed by atoms with van der Waals surface area (Å²) in [5.41, 5.74) is 0.814. The molecule has 1 fully saturated rings. The Labute approximate surface area is 153 Å². The molecule has 1 saturated heterocycles. The number of benzene rings is 2. The quantitative estimate of drug-likeness (QED) is 0.818. The van der Waals surface area contributed by atoms with Crippen molar-refractivity contribution in [3.8, 4) is 11.5 Å². The molecule has 1 atom stereocenters. The van der Waals surface area contributed by atoms with E-state index in [0.717, 1.165) is 37.2 Å². The van der Waals surface area contributed by atoms with Crippen LogP contribution >= 0.6 is 11.6 Å². The first kappa shape index (κ1) is 17.8. The molecule has 25 heavy (non-hydrogen) atoms. The molecule has 1 aliphatic rings. The first-order valence-electron chi connectivity index (χ1n) is 8.61. The SMILES string of the molecule is O=C(O)[C@@H](Cc1cc(Cl)ccc1Oc1ccccc1)N1CCCCC1. The normalized spacial score (nSPS) is 16.4. The van der Waals surface area contributed by atoms with Crippen LogP contribution in [0, 0.1) is 0 Å². The molecule has 132 valence electrons. The number of rotatable bonds is 6. The molecule has 1 aliphatic heterocycles. The van der Waals surface area contributed by atoms with Crippen LogP contribution in [0.2, 0.25) is 5.02 Å². The van der Waals surface area contributed by atoms with Crippen molar-refractivity contribution in [3.63, 3.8) is 0 Å². The maximum Gasteiger partial charge on any atom is 0.321 e. The Morgan fingerprint density at radius 3 is 2.52 bits per heavy atom. The highest BCUT2D eigenvalue weighted by Gasteiger charge is 2.28. The Kier molecular flexibility index (Phi) is 5.95. The molecule has 0 saturated carbocycles. The Morgan fingerprint density at radius 2 is 1.84 bits per heavy atom. The van der Waals surface area contributed by atoms with E-state index in [9.17, 15) is 9.90 Å². The minimum Gasteiger partial charge on any atom is -0.480 e. The monoisotopic (exact) mass is 359 g/mol. The van der Waals surface area contributed by atoms with Gasteiger partial charge in [0.25, 0.3) is 0 Å². The van der Waals surface area contributed by atoms with Gasteiger partial charge in [-0.15, -0.1) is 0 Å². The van der Waals surface area contributed by atoms with Crippen LogP contribution in [0.1, 0.15) is 24.8 Å². The van der Waals surface area contributed by atoms with Crippen LogP contribution in [-0.2, 0) is 11.2 Å². The molecule has 1 N–H and O–H groups in total. The molecule has 0 unspecified atom stereocenters. The summed E-state index contributed by atoms with van der Waals surface area (Å²) in [5, 5.41) is 10.3. The zero-order valence-electron chi connectivity index (χ0n) is 14.0. The number of hydrogen-bond acceptors (Lipinski definition) is 3. The number of likely N-dealkylation sites (tertiary alicyclic amines) is 1. The fourth-order valence-corrected chi connectivity index (χ4v) is 3.43. The van der Waals surface area contributed by atoms with Crippen LogP contribution in [0.25, 0.3) is 0 Å². The van der Waals surface area contributed by atoms with E-state index >= 15 is 0 Å². The third kappa shape index (κ3) is 4.74. The van der Waals surface area contributed by atoms with Crippen LogP contribution < -0.4 is 4.74 Å². The predicted octanol–water partition coefficient (Wildman–Crippen LogP) is 4.61. The van der Waals surface area contributed by atoms with Crippen molar-refractivity contribution in [2.24, 2.45) is 0 Å². The second kappa shape index (κ2) is 8.37. The van der Waals surface area contributed by atoms with Gasteiger partial charge in [-0.1, -0.05) is 36.2 Å². The van der Waals surface area contributed by atoms with Gasteiger partial charge in [-0.05, 0) is 61.8 Å². The molecule has 2 aromatic carbocycles. The van der Waals surface area contributed by atoms with Crippen LogP contribution in [0.3, 0.4) is 0 Å². The van der Waals surface area contributed by atoms with E-state index < -0.39 is 12.0 Å². The Bertz CT molecular complexity index is 714. The summed E-state index contributed by atoms with van der Waals surface area (Å²) in [6.45, 7) is 1.65. The summed E-state index contributed by atoms with van der Waals surface area (Å²) in [7, 11) is 0. The number of carboxylic acid groups (broad SMARTS) is 1. The highest BCUT2D eigenvalue weighted by atomic mass is 35.5. The molecule has 3 rings (SSSR count). The molecule has 2 aromatic rings. The van der Waals surface area contributed by atoms with E-state index in [4.69, 9.17) is 16.3 Å².